The van der Waals surface area contributed by atoms with Crippen molar-refractivity contribution < 1.29 is 0 Å². The van der Waals surface area contributed by atoms with Crippen LogP contribution in [0.4, 0.5) is 5.82 Å². The lowest BCUT2D eigenvalue weighted by molar-refractivity contribution is 0.189. The number of nitrogens with one attached hydrogen (secondary N) is 1. The number of hydrogen-bond acceptors (Lipinski definition) is 4. The molecule has 1 aliphatic carbocycles. The zero-order valence-electron chi connectivity index (χ0n) is 14.1. The van der Waals surface area contributed by atoms with Gasteiger partial charge in [-0.3, -0.25) is 0 Å². The fraction of sp³-hybridized carbons (Fsp3) is 0.778. The summed E-state index contributed by atoms with van der Waals surface area (Å²) >= 11 is 0. The third-order valence-corrected chi connectivity index (χ3v) is 5.12. The summed E-state index contributed by atoms with van der Waals surface area (Å²) in [5.41, 5.74) is 0. The Kier molecular flexibility index (Phi) is 5.29. The summed E-state index contributed by atoms with van der Waals surface area (Å²) in [4.78, 5) is 11.6. The molecule has 1 saturated heterocycles. The lowest BCUT2D eigenvalue weighted by atomic mass is 10.0. The van der Waals surface area contributed by atoms with Crippen molar-refractivity contribution in [3.63, 3.8) is 0 Å². The van der Waals surface area contributed by atoms with Crippen LogP contribution >= 0.6 is 0 Å². The number of aromatic nitrogens is 2. The van der Waals surface area contributed by atoms with Gasteiger partial charge in [-0.05, 0) is 37.7 Å². The van der Waals surface area contributed by atoms with Crippen LogP contribution in [-0.2, 0) is 0 Å². The highest BCUT2D eigenvalue weighted by atomic mass is 15.2. The quantitative estimate of drug-likeness (QED) is 0.901. The Morgan fingerprint density at radius 2 is 1.91 bits per heavy atom. The van der Waals surface area contributed by atoms with E-state index in [4.69, 9.17) is 0 Å². The molecule has 2 fully saturated rings. The van der Waals surface area contributed by atoms with Crippen LogP contribution in [0.1, 0.15) is 64.1 Å². The Morgan fingerprint density at radius 3 is 2.59 bits per heavy atom. The minimum atomic E-state index is 0.384. The maximum atomic E-state index is 4.63. The highest BCUT2D eigenvalue weighted by Gasteiger charge is 2.23. The average molecular weight is 302 g/mol. The van der Waals surface area contributed by atoms with Gasteiger partial charge in [0, 0.05) is 37.8 Å². The molecule has 2 heterocycles. The second-order valence-electron chi connectivity index (χ2n) is 7.32. The molecule has 0 amide bonds. The molecule has 1 aliphatic heterocycles. The Balaban J connectivity index is 1.46. The van der Waals surface area contributed by atoms with Crippen molar-refractivity contribution >= 4 is 5.82 Å². The third-order valence-electron chi connectivity index (χ3n) is 5.12. The van der Waals surface area contributed by atoms with Crippen LogP contribution in [0.2, 0.25) is 0 Å². The number of nitrogens with zero attached hydrogens (tertiary/aromatic N) is 3. The summed E-state index contributed by atoms with van der Waals surface area (Å²) in [6.45, 7) is 8.07. The number of anilines is 1. The number of piperidine rings is 1. The van der Waals surface area contributed by atoms with Gasteiger partial charge in [0.2, 0.25) is 0 Å². The molecule has 122 valence electrons. The van der Waals surface area contributed by atoms with Gasteiger partial charge in [-0.2, -0.15) is 0 Å². The molecule has 4 nitrogen and oxygen atoms in total. The summed E-state index contributed by atoms with van der Waals surface area (Å²) in [5, 5.41) is 3.61. The first-order chi connectivity index (χ1) is 10.7. The molecule has 0 atom stereocenters. The summed E-state index contributed by atoms with van der Waals surface area (Å²) < 4.78 is 0. The molecule has 1 aromatic heterocycles. The van der Waals surface area contributed by atoms with Gasteiger partial charge in [-0.15, -0.1) is 0 Å². The third kappa shape index (κ3) is 4.19. The van der Waals surface area contributed by atoms with E-state index in [1.54, 1.807) is 0 Å². The molecule has 0 unspecified atom stereocenters. The van der Waals surface area contributed by atoms with Crippen molar-refractivity contribution in [3.8, 4) is 0 Å². The van der Waals surface area contributed by atoms with Gasteiger partial charge in [0.05, 0.1) is 0 Å². The van der Waals surface area contributed by atoms with E-state index >= 15 is 0 Å². The smallest absolute Gasteiger partial charge is 0.133 e. The van der Waals surface area contributed by atoms with E-state index in [9.17, 15) is 0 Å². The van der Waals surface area contributed by atoms with Crippen molar-refractivity contribution in [2.45, 2.75) is 64.3 Å². The van der Waals surface area contributed by atoms with Crippen LogP contribution in [-0.4, -0.2) is 40.5 Å². The van der Waals surface area contributed by atoms with E-state index in [0.717, 1.165) is 17.6 Å². The number of rotatable bonds is 5. The lowest BCUT2D eigenvalue weighted by Crippen LogP contribution is -2.41. The van der Waals surface area contributed by atoms with E-state index in [1.807, 2.05) is 12.3 Å². The second-order valence-corrected chi connectivity index (χ2v) is 7.32. The Labute approximate surface area is 134 Å². The maximum Gasteiger partial charge on any atom is 0.133 e. The van der Waals surface area contributed by atoms with Gasteiger partial charge in [0.15, 0.2) is 0 Å². The fourth-order valence-corrected chi connectivity index (χ4v) is 3.76. The van der Waals surface area contributed by atoms with E-state index in [-0.39, 0.29) is 0 Å². The SMILES string of the molecule is CC(C)c1nccc(NC2CCN(CC3CCCC3)CC2)n1. The molecular weight excluding hydrogens is 272 g/mol. The molecule has 0 aromatic carbocycles. The van der Waals surface area contributed by atoms with Crippen LogP contribution in [0.3, 0.4) is 0 Å². The predicted octanol–water partition coefficient (Wildman–Crippen LogP) is 3.67. The molecule has 1 saturated carbocycles. The topological polar surface area (TPSA) is 41.1 Å². The first-order valence-electron chi connectivity index (χ1n) is 9.02. The summed E-state index contributed by atoms with van der Waals surface area (Å²) in [7, 11) is 0. The van der Waals surface area contributed by atoms with Crippen LogP contribution in [0.5, 0.6) is 0 Å². The van der Waals surface area contributed by atoms with Crippen LogP contribution < -0.4 is 5.32 Å². The van der Waals surface area contributed by atoms with Gasteiger partial charge in [0.1, 0.15) is 11.6 Å². The summed E-state index contributed by atoms with van der Waals surface area (Å²) in [6.07, 6.45) is 10.2. The van der Waals surface area contributed by atoms with Crippen molar-refractivity contribution in [3.05, 3.63) is 18.1 Å². The fourth-order valence-electron chi connectivity index (χ4n) is 3.76. The molecule has 4 heteroatoms. The van der Waals surface area contributed by atoms with Gasteiger partial charge < -0.3 is 10.2 Å². The van der Waals surface area contributed by atoms with Crippen molar-refractivity contribution in [1.29, 1.82) is 0 Å². The van der Waals surface area contributed by atoms with E-state index < -0.39 is 0 Å². The number of likely N-dealkylation sites (tertiary alicyclic amines) is 1. The molecule has 0 radical (unpaired) electrons. The Hall–Kier alpha value is -1.16. The molecule has 1 N–H and O–H groups in total. The molecule has 0 bridgehead atoms. The van der Waals surface area contributed by atoms with Crippen molar-refractivity contribution in [2.75, 3.05) is 25.0 Å². The molecular formula is C18H30N4. The Morgan fingerprint density at radius 1 is 1.18 bits per heavy atom. The van der Waals surface area contributed by atoms with Gasteiger partial charge in [0.25, 0.3) is 0 Å². The molecule has 0 spiro atoms. The number of hydrogen-bond donors (Lipinski definition) is 1. The second kappa shape index (κ2) is 7.40. The highest BCUT2D eigenvalue weighted by molar-refractivity contribution is 5.34. The zero-order chi connectivity index (χ0) is 15.4. The first kappa shape index (κ1) is 15.7. The molecule has 1 aromatic rings. The van der Waals surface area contributed by atoms with E-state index in [1.165, 1.54) is 58.2 Å². The van der Waals surface area contributed by atoms with Crippen molar-refractivity contribution in [1.82, 2.24) is 14.9 Å². The average Bonchev–Trinajstić information content (AvgIpc) is 3.02. The van der Waals surface area contributed by atoms with E-state index in [0.29, 0.717) is 12.0 Å². The molecule has 22 heavy (non-hydrogen) atoms. The van der Waals surface area contributed by atoms with E-state index in [2.05, 4.69) is 34.0 Å². The van der Waals surface area contributed by atoms with Crippen LogP contribution in [0, 0.1) is 5.92 Å². The van der Waals surface area contributed by atoms with Crippen LogP contribution in [0.25, 0.3) is 0 Å². The normalized spacial score (nSPS) is 21.6. The maximum absolute atomic E-state index is 4.63. The van der Waals surface area contributed by atoms with Gasteiger partial charge >= 0.3 is 0 Å². The minimum absolute atomic E-state index is 0.384. The minimum Gasteiger partial charge on any atom is -0.367 e. The zero-order valence-corrected chi connectivity index (χ0v) is 14.1. The lowest BCUT2D eigenvalue weighted by Gasteiger charge is -2.34. The first-order valence-corrected chi connectivity index (χ1v) is 9.02. The van der Waals surface area contributed by atoms with Crippen molar-refractivity contribution in [2.24, 2.45) is 5.92 Å². The standard InChI is InChI=1S/C18H30N4/c1-14(2)18-19-10-7-17(21-18)20-16-8-11-22(12-9-16)13-15-5-3-4-6-15/h7,10,14-16H,3-6,8-9,11-13H2,1-2H3,(H,19,20,21). The largest absolute Gasteiger partial charge is 0.367 e. The van der Waals surface area contributed by atoms with Gasteiger partial charge in [-0.1, -0.05) is 26.7 Å². The summed E-state index contributed by atoms with van der Waals surface area (Å²) in [6, 6.07) is 2.56. The predicted molar refractivity (Wildman–Crippen MR) is 91.2 cm³/mol. The van der Waals surface area contributed by atoms with Crippen LogP contribution in [0.15, 0.2) is 12.3 Å². The molecule has 2 aliphatic rings. The summed E-state index contributed by atoms with van der Waals surface area (Å²) in [5.74, 6) is 3.28. The molecule has 3 rings (SSSR count). The Bertz CT molecular complexity index is 460. The highest BCUT2D eigenvalue weighted by Crippen LogP contribution is 2.26. The monoisotopic (exact) mass is 302 g/mol. The van der Waals surface area contributed by atoms with Gasteiger partial charge in [-0.25, -0.2) is 9.97 Å².